The molecule has 45 heteroatoms. The Balaban J connectivity index is 7.57. The molecule has 0 bridgehead atoms. The minimum atomic E-state index is -1.35. The average molecular weight is 1700 g/mol. The third-order valence-electron chi connectivity index (χ3n) is 15.1. The SMILES string of the molecule is CCCCOCC(COCC(COCC(COCC(COCC(O)CO)OCC(O)CO)OCC(O)COCC(O)CO)OCC(COCC(O)COCC(O)CO)OCC(O)CO)OCC(COCC(COCC(COCC(O)CO)OCC(O)CO)OCC(O)COCC(O)CO)OCC(COCC(O)CO)OCC(O)CO. The van der Waals surface area contributed by atoms with Crippen LogP contribution in [0.2, 0.25) is 0 Å². The van der Waals surface area contributed by atoms with Crippen LogP contribution >= 0.6 is 0 Å². The Morgan fingerprint density at radius 1 is 0.148 bits per heavy atom. The van der Waals surface area contributed by atoms with E-state index in [9.17, 15) is 112 Å². The second-order valence-electron chi connectivity index (χ2n) is 26.8. The topological polar surface area (TPSA) is 668 Å². The first-order chi connectivity index (χ1) is 55.4. The van der Waals surface area contributed by atoms with E-state index in [0.29, 0.717) is 6.42 Å². The van der Waals surface area contributed by atoms with E-state index in [1.165, 1.54) is 0 Å². The van der Waals surface area contributed by atoms with Crippen molar-refractivity contribution >= 4 is 0 Å². The minimum Gasteiger partial charge on any atom is -0.394 e. The predicted octanol–water partition coefficient (Wildman–Crippen LogP) is -12.9. The Morgan fingerprint density at radius 3 is 0.452 bits per heavy atom. The fourth-order valence-corrected chi connectivity index (χ4v) is 8.66. The number of ether oxygens (including phenoxy) is 22. The van der Waals surface area contributed by atoms with Crippen molar-refractivity contribution < 1.29 is 222 Å². The van der Waals surface area contributed by atoms with Gasteiger partial charge in [0.1, 0.15) is 134 Å². The van der Waals surface area contributed by atoms with Gasteiger partial charge >= 0.3 is 0 Å². The van der Waals surface area contributed by atoms with Crippen molar-refractivity contribution in [2.24, 2.45) is 0 Å². The van der Waals surface area contributed by atoms with Gasteiger partial charge in [0.05, 0.1) is 291 Å². The third-order valence-corrected chi connectivity index (χ3v) is 15.1. The quantitative estimate of drug-likeness (QED) is 0.0251. The average Bonchev–Trinajstić information content (AvgIpc) is 0.928. The van der Waals surface area contributed by atoms with Gasteiger partial charge in [-0.2, -0.15) is 0 Å². The van der Waals surface area contributed by atoms with Crippen LogP contribution in [0.3, 0.4) is 0 Å². The maximum atomic E-state index is 10.8. The molecule has 45 nitrogen and oxygen atoms in total. The van der Waals surface area contributed by atoms with Gasteiger partial charge in [-0.1, -0.05) is 13.3 Å². The van der Waals surface area contributed by atoms with E-state index in [-0.39, 0.29) is 218 Å². The van der Waals surface area contributed by atoms with Gasteiger partial charge in [-0.15, -0.1) is 0 Å². The van der Waals surface area contributed by atoms with Crippen LogP contribution in [0.1, 0.15) is 19.8 Å². The van der Waals surface area contributed by atoms with E-state index in [1.54, 1.807) is 0 Å². The summed E-state index contributed by atoms with van der Waals surface area (Å²) in [5.41, 5.74) is 0. The number of hydrogen-bond acceptors (Lipinski definition) is 45. The van der Waals surface area contributed by atoms with E-state index < -0.39 is 214 Å². The molecule has 0 saturated carbocycles. The molecule has 0 spiro atoms. The molecule has 0 amide bonds. The van der Waals surface area contributed by atoms with E-state index >= 15 is 0 Å². The lowest BCUT2D eigenvalue weighted by Gasteiger charge is -2.27. The second-order valence-corrected chi connectivity index (χ2v) is 26.8. The Labute approximate surface area is 671 Å². The summed E-state index contributed by atoms with van der Waals surface area (Å²) >= 11 is 0. The van der Waals surface area contributed by atoms with Crippen LogP contribution in [-0.4, -0.2) is 549 Å². The van der Waals surface area contributed by atoms with Crippen molar-refractivity contribution in [1.82, 2.24) is 0 Å². The molecule has 22 atom stereocenters. The standard InChI is InChI=1S/C70H142O45/c1-2-3-4-94-31-62(113-48-70(115-47-68(109-27-57(89)13-79)43-100-20-54(86)10-76)45-106-40-66(112-30-61(93)24-97-17-51(83)7-73)38-104-36-64(108-26-56(88)12-78)33-99-19-53(85)9-75)34-102-41-67(114-46-69(110-28-58(90)14-80)44-101-22-59(91)21-95-15-49(81)5-71)42-105-39-65(111-29-60(92)23-96-16-50(82)6-72)37-103-35-63(107-25-55(87)11-77)32-98-18-52(84)8-74/h49-93H,2-48H2,1H3. The summed E-state index contributed by atoms with van der Waals surface area (Å²) in [5.74, 6) is 0. The molecule has 0 aromatic rings. The Hall–Kier alpha value is -1.80. The molecule has 0 saturated heterocycles. The van der Waals surface area contributed by atoms with Crippen LogP contribution < -0.4 is 0 Å². The van der Waals surface area contributed by atoms with E-state index in [0.717, 1.165) is 6.42 Å². The highest BCUT2D eigenvalue weighted by Gasteiger charge is 2.27. The molecule has 115 heavy (non-hydrogen) atoms. The number of unbranched alkanes of at least 4 members (excludes halogenated alkanes) is 1. The molecule has 0 heterocycles. The van der Waals surface area contributed by atoms with Gasteiger partial charge in [0, 0.05) is 6.61 Å². The summed E-state index contributed by atoms with van der Waals surface area (Å²) in [6, 6.07) is 0. The largest absolute Gasteiger partial charge is 0.394 e. The van der Waals surface area contributed by atoms with Crippen LogP contribution in [-0.2, 0) is 104 Å². The van der Waals surface area contributed by atoms with Gasteiger partial charge in [0.15, 0.2) is 0 Å². The smallest absolute Gasteiger partial charge is 0.104 e. The fraction of sp³-hybridized carbons (Fsp3) is 1.00. The lowest BCUT2D eigenvalue weighted by atomic mass is 10.3. The highest BCUT2D eigenvalue weighted by molar-refractivity contribution is 4.72. The van der Waals surface area contributed by atoms with Crippen LogP contribution in [0.25, 0.3) is 0 Å². The lowest BCUT2D eigenvalue weighted by molar-refractivity contribution is -0.155. The van der Waals surface area contributed by atoms with Crippen LogP contribution in [0.4, 0.5) is 0 Å². The lowest BCUT2D eigenvalue weighted by Crippen LogP contribution is -2.39. The summed E-state index contributed by atoms with van der Waals surface area (Å²) in [6.07, 6.45) is -23.9. The Morgan fingerprint density at radius 2 is 0.270 bits per heavy atom. The zero-order valence-electron chi connectivity index (χ0n) is 66.2. The number of aliphatic hydroxyl groups is 23. The molecule has 0 fully saturated rings. The molecule has 0 rings (SSSR count). The van der Waals surface area contributed by atoms with Crippen molar-refractivity contribution in [3.63, 3.8) is 0 Å². The van der Waals surface area contributed by atoms with Gasteiger partial charge in [-0.05, 0) is 6.42 Å². The molecule has 692 valence electrons. The molecule has 0 aromatic carbocycles. The van der Waals surface area contributed by atoms with Gasteiger partial charge in [0.25, 0.3) is 0 Å². The van der Waals surface area contributed by atoms with Crippen molar-refractivity contribution in [1.29, 1.82) is 0 Å². The summed E-state index contributed by atoms with van der Waals surface area (Å²) in [6.45, 7) is -14.1. The number of hydrogen-bond donors (Lipinski definition) is 23. The monoisotopic (exact) mass is 1700 g/mol. The predicted molar refractivity (Wildman–Crippen MR) is 392 cm³/mol. The fourth-order valence-electron chi connectivity index (χ4n) is 8.66. The van der Waals surface area contributed by atoms with Crippen molar-refractivity contribution in [3.05, 3.63) is 0 Å². The molecular formula is C70H142O45. The first-order valence-electron chi connectivity index (χ1n) is 38.4. The summed E-state index contributed by atoms with van der Waals surface area (Å²) in [5, 5.41) is 226. The van der Waals surface area contributed by atoms with Crippen molar-refractivity contribution in [2.45, 2.75) is 154 Å². The van der Waals surface area contributed by atoms with E-state index in [1.807, 2.05) is 6.92 Å². The van der Waals surface area contributed by atoms with Crippen molar-refractivity contribution in [2.75, 3.05) is 297 Å². The maximum absolute atomic E-state index is 10.8. The normalized spacial score (nSPS) is 18.2. The van der Waals surface area contributed by atoms with Gasteiger partial charge in [0.2, 0.25) is 0 Å². The molecule has 23 N–H and O–H groups in total. The van der Waals surface area contributed by atoms with Crippen LogP contribution in [0, 0.1) is 0 Å². The van der Waals surface area contributed by atoms with E-state index in [2.05, 4.69) is 0 Å². The van der Waals surface area contributed by atoms with Gasteiger partial charge in [-0.25, -0.2) is 0 Å². The molecule has 0 aliphatic carbocycles. The number of rotatable bonds is 90. The van der Waals surface area contributed by atoms with Gasteiger partial charge < -0.3 is 222 Å². The molecule has 22 unspecified atom stereocenters. The highest BCUT2D eigenvalue weighted by atomic mass is 16.6. The van der Waals surface area contributed by atoms with Gasteiger partial charge in [-0.3, -0.25) is 0 Å². The minimum absolute atomic E-state index is 0.0850. The van der Waals surface area contributed by atoms with Crippen molar-refractivity contribution in [3.8, 4) is 0 Å². The Kier molecular flexibility index (Phi) is 77.0. The summed E-state index contributed by atoms with van der Waals surface area (Å²) in [7, 11) is 0. The molecular weight excluding hydrogens is 1560 g/mol. The second kappa shape index (κ2) is 78.2. The van der Waals surface area contributed by atoms with Crippen LogP contribution in [0.15, 0.2) is 0 Å². The summed E-state index contributed by atoms with van der Waals surface area (Å²) in [4.78, 5) is 0. The zero-order chi connectivity index (χ0) is 85.5. The maximum Gasteiger partial charge on any atom is 0.104 e. The van der Waals surface area contributed by atoms with Crippen LogP contribution in [0.5, 0.6) is 0 Å². The molecule has 0 aromatic heterocycles. The first kappa shape index (κ1) is 113. The van der Waals surface area contributed by atoms with E-state index in [4.69, 9.17) is 109 Å². The molecule has 0 radical (unpaired) electrons. The highest BCUT2D eigenvalue weighted by Crippen LogP contribution is 2.13. The first-order valence-corrected chi connectivity index (χ1v) is 38.4. The number of aliphatic hydroxyl groups excluding tert-OH is 23. The summed E-state index contributed by atoms with van der Waals surface area (Å²) < 4.78 is 129. The molecule has 0 aliphatic heterocycles. The third kappa shape index (κ3) is 68.3. The molecule has 0 aliphatic rings. The zero-order valence-corrected chi connectivity index (χ0v) is 66.2. The Bertz CT molecular complexity index is 2020.